The van der Waals surface area contributed by atoms with E-state index < -0.39 is 5.97 Å². The molecule has 0 aliphatic carbocycles. The van der Waals surface area contributed by atoms with Gasteiger partial charge < -0.3 is 9.47 Å². The van der Waals surface area contributed by atoms with Gasteiger partial charge in [-0.05, 0) is 42.6 Å². The molecule has 0 heterocycles. The van der Waals surface area contributed by atoms with Gasteiger partial charge in [0.2, 0.25) is 0 Å². The summed E-state index contributed by atoms with van der Waals surface area (Å²) in [5.74, 6) is -0.0753. The Bertz CT molecular complexity index is 810. The molecule has 0 fully saturated rings. The van der Waals surface area contributed by atoms with E-state index >= 15 is 0 Å². The van der Waals surface area contributed by atoms with Crippen LogP contribution in [-0.4, -0.2) is 12.6 Å². The van der Waals surface area contributed by atoms with Gasteiger partial charge in [0.25, 0.3) is 0 Å². The summed E-state index contributed by atoms with van der Waals surface area (Å²) < 4.78 is 10.8. The fourth-order valence-electron chi connectivity index (χ4n) is 2.15. The average Bonchev–Trinajstić information content (AvgIpc) is 2.62. The van der Waals surface area contributed by atoms with Crippen LogP contribution in [0, 0.1) is 6.92 Å². The summed E-state index contributed by atoms with van der Waals surface area (Å²) in [7, 11) is 0. The van der Waals surface area contributed by atoms with Crippen LogP contribution in [0.15, 0.2) is 59.3 Å². The predicted molar refractivity (Wildman–Crippen MR) is 95.7 cm³/mol. The minimum atomic E-state index is -0.671. The summed E-state index contributed by atoms with van der Waals surface area (Å²) in [5.41, 5.74) is 11.2. The van der Waals surface area contributed by atoms with E-state index in [9.17, 15) is 4.79 Å². The number of aryl methyl sites for hydroxylation is 1. The van der Waals surface area contributed by atoms with Crippen LogP contribution < -0.4 is 4.74 Å². The van der Waals surface area contributed by atoms with Gasteiger partial charge in [0, 0.05) is 10.5 Å². The van der Waals surface area contributed by atoms with Crippen LogP contribution >= 0.6 is 0 Å². The van der Waals surface area contributed by atoms with E-state index in [1.54, 1.807) is 6.92 Å². The van der Waals surface area contributed by atoms with Gasteiger partial charge in [-0.2, -0.15) is 0 Å². The van der Waals surface area contributed by atoms with Gasteiger partial charge in [-0.25, -0.2) is 4.79 Å². The molecule has 0 aliphatic heterocycles. The first kappa shape index (κ1) is 18.1. The van der Waals surface area contributed by atoms with Crippen LogP contribution in [0.5, 0.6) is 5.75 Å². The van der Waals surface area contributed by atoms with Crippen LogP contribution in [0.25, 0.3) is 16.5 Å². The Balaban J connectivity index is 2.31. The highest BCUT2D eigenvalue weighted by Gasteiger charge is 2.11. The predicted octanol–water partition coefficient (Wildman–Crippen LogP) is 4.79. The Morgan fingerprint density at radius 3 is 2.68 bits per heavy atom. The molecule has 25 heavy (non-hydrogen) atoms. The van der Waals surface area contributed by atoms with Gasteiger partial charge in [0.15, 0.2) is 0 Å². The molecule has 0 amide bonds. The Morgan fingerprint density at radius 2 is 2.00 bits per heavy atom. The molecule has 0 saturated heterocycles. The Hall–Kier alpha value is -3.24. The lowest BCUT2D eigenvalue weighted by Crippen LogP contribution is -2.06. The molecule has 0 atom stereocenters. The second-order valence-electron chi connectivity index (χ2n) is 5.26. The molecule has 0 N–H and O–H groups in total. The third kappa shape index (κ3) is 5.41. The topological polar surface area (TPSA) is 84.3 Å². The normalized spacial score (nSPS) is 10.7. The average molecular weight is 337 g/mol. The smallest absolute Gasteiger partial charge is 0.340 e. The van der Waals surface area contributed by atoms with Crippen molar-refractivity contribution in [2.75, 3.05) is 6.61 Å². The van der Waals surface area contributed by atoms with Crippen LogP contribution in [0.1, 0.15) is 23.6 Å². The Morgan fingerprint density at radius 1 is 1.24 bits per heavy atom. The fourth-order valence-corrected chi connectivity index (χ4v) is 2.15. The van der Waals surface area contributed by atoms with E-state index in [1.807, 2.05) is 55.5 Å². The molecule has 6 heteroatoms. The highest BCUT2D eigenvalue weighted by Crippen LogP contribution is 2.25. The second kappa shape index (κ2) is 9.15. The number of hydrogen-bond donors (Lipinski definition) is 0. The van der Waals surface area contributed by atoms with E-state index in [2.05, 4.69) is 10.0 Å². The molecule has 0 aromatic heterocycles. The minimum absolute atomic E-state index is 0.113. The summed E-state index contributed by atoms with van der Waals surface area (Å²) in [4.78, 5) is 14.6. The zero-order chi connectivity index (χ0) is 18.1. The lowest BCUT2D eigenvalue weighted by molar-refractivity contribution is -0.138. The summed E-state index contributed by atoms with van der Waals surface area (Å²) in [5, 5.41) is 3.43. The van der Waals surface area contributed by atoms with Crippen LogP contribution in [0.3, 0.4) is 0 Å². The van der Waals surface area contributed by atoms with E-state index in [4.69, 9.17) is 15.0 Å². The van der Waals surface area contributed by atoms with E-state index in [-0.39, 0.29) is 12.3 Å². The number of rotatable bonds is 7. The quantitative estimate of drug-likeness (QED) is 0.239. The monoisotopic (exact) mass is 337 g/mol. The molecule has 2 rings (SSSR count). The van der Waals surface area contributed by atoms with Crippen molar-refractivity contribution in [1.29, 1.82) is 0 Å². The number of carbonyl (C=O) groups excluding carboxylic acids is 1. The SMILES string of the molecule is CCOC(=O)C(=Cc1ccc(C)cc1OCc1ccccc1)N=[N+]=[N-]. The number of esters is 1. The Kier molecular flexibility index (Phi) is 6.63. The van der Waals surface area contributed by atoms with Crippen LogP contribution in [-0.2, 0) is 16.1 Å². The first-order valence-electron chi connectivity index (χ1n) is 7.85. The number of carbonyl (C=O) groups is 1. The van der Waals surface area contributed by atoms with Gasteiger partial charge in [-0.3, -0.25) is 0 Å². The zero-order valence-corrected chi connectivity index (χ0v) is 14.2. The van der Waals surface area contributed by atoms with E-state index in [1.165, 1.54) is 6.08 Å². The maximum absolute atomic E-state index is 11.9. The summed E-state index contributed by atoms with van der Waals surface area (Å²) >= 11 is 0. The van der Waals surface area contributed by atoms with Crippen molar-refractivity contribution in [2.24, 2.45) is 5.11 Å². The molecular formula is C19H19N3O3. The Labute approximate surface area is 146 Å². The van der Waals surface area contributed by atoms with Crippen LogP contribution in [0.2, 0.25) is 0 Å². The van der Waals surface area contributed by atoms with Gasteiger partial charge in [0.05, 0.1) is 6.61 Å². The number of ether oxygens (including phenoxy) is 2. The molecule has 6 nitrogen and oxygen atoms in total. The highest BCUT2D eigenvalue weighted by molar-refractivity contribution is 5.93. The van der Waals surface area contributed by atoms with Crippen molar-refractivity contribution < 1.29 is 14.3 Å². The molecule has 0 saturated carbocycles. The molecule has 128 valence electrons. The van der Waals surface area contributed by atoms with Crippen molar-refractivity contribution >= 4 is 12.0 Å². The second-order valence-corrected chi connectivity index (χ2v) is 5.26. The molecule has 0 radical (unpaired) electrons. The molecule has 0 spiro atoms. The van der Waals surface area contributed by atoms with Crippen molar-refractivity contribution in [1.82, 2.24) is 0 Å². The fraction of sp³-hybridized carbons (Fsp3) is 0.211. The molecule has 0 bridgehead atoms. The standard InChI is InChI=1S/C19H19N3O3/c1-3-24-19(23)17(21-22-20)12-16-10-9-14(2)11-18(16)25-13-15-7-5-4-6-8-15/h4-12H,3,13H2,1-2H3. The number of nitrogens with zero attached hydrogens (tertiary/aromatic N) is 3. The van der Waals surface area contributed by atoms with Gasteiger partial charge >= 0.3 is 5.97 Å². The van der Waals surface area contributed by atoms with Gasteiger partial charge in [-0.15, -0.1) is 0 Å². The summed E-state index contributed by atoms with van der Waals surface area (Å²) in [6, 6.07) is 15.3. The lowest BCUT2D eigenvalue weighted by Gasteiger charge is -2.11. The van der Waals surface area contributed by atoms with Crippen molar-refractivity contribution in [3.05, 3.63) is 81.4 Å². The summed E-state index contributed by atoms with van der Waals surface area (Å²) in [6.07, 6.45) is 1.47. The highest BCUT2D eigenvalue weighted by atomic mass is 16.5. The number of azide groups is 1. The summed E-state index contributed by atoms with van der Waals surface area (Å²) in [6.45, 7) is 4.22. The molecule has 0 unspecified atom stereocenters. The van der Waals surface area contributed by atoms with Gasteiger partial charge in [0.1, 0.15) is 18.1 Å². The lowest BCUT2D eigenvalue weighted by atomic mass is 10.1. The number of hydrogen-bond acceptors (Lipinski definition) is 4. The first-order valence-corrected chi connectivity index (χ1v) is 7.85. The third-order valence-corrected chi connectivity index (χ3v) is 3.34. The third-order valence-electron chi connectivity index (χ3n) is 3.34. The van der Waals surface area contributed by atoms with E-state index in [0.29, 0.717) is 17.9 Å². The molecule has 0 aliphatic rings. The maximum Gasteiger partial charge on any atom is 0.340 e. The largest absolute Gasteiger partial charge is 0.488 e. The molecule has 2 aromatic rings. The minimum Gasteiger partial charge on any atom is -0.488 e. The molecule has 2 aromatic carbocycles. The number of benzene rings is 2. The van der Waals surface area contributed by atoms with Crippen molar-refractivity contribution in [2.45, 2.75) is 20.5 Å². The van der Waals surface area contributed by atoms with E-state index in [0.717, 1.165) is 11.1 Å². The zero-order valence-electron chi connectivity index (χ0n) is 14.2. The van der Waals surface area contributed by atoms with Crippen LogP contribution in [0.4, 0.5) is 0 Å². The van der Waals surface area contributed by atoms with Gasteiger partial charge in [-0.1, -0.05) is 47.6 Å². The van der Waals surface area contributed by atoms with Crippen molar-refractivity contribution in [3.63, 3.8) is 0 Å². The molecular weight excluding hydrogens is 318 g/mol. The van der Waals surface area contributed by atoms with Crippen molar-refractivity contribution in [3.8, 4) is 5.75 Å². The maximum atomic E-state index is 11.9. The first-order chi connectivity index (χ1) is 12.1.